The van der Waals surface area contributed by atoms with Crippen molar-refractivity contribution < 1.29 is 23.9 Å². The summed E-state index contributed by atoms with van der Waals surface area (Å²) in [5.41, 5.74) is 1.91. The first-order valence-corrected chi connectivity index (χ1v) is 13.2. The smallest absolute Gasteiger partial charge is 0.338 e. The molecule has 1 atom stereocenters. The molecule has 0 N–H and O–H groups in total. The van der Waals surface area contributed by atoms with Crippen LogP contribution in [0.25, 0.3) is 0 Å². The highest BCUT2D eigenvalue weighted by Crippen LogP contribution is 2.28. The van der Waals surface area contributed by atoms with E-state index >= 15 is 0 Å². The van der Waals surface area contributed by atoms with Crippen LogP contribution in [0.3, 0.4) is 0 Å². The van der Waals surface area contributed by atoms with Crippen molar-refractivity contribution in [2.75, 3.05) is 42.6 Å². The summed E-state index contributed by atoms with van der Waals surface area (Å²) in [6.45, 7) is 2.40. The van der Waals surface area contributed by atoms with Gasteiger partial charge in [0.15, 0.2) is 6.61 Å². The van der Waals surface area contributed by atoms with E-state index < -0.39 is 24.4 Å². The van der Waals surface area contributed by atoms with Gasteiger partial charge in [-0.05, 0) is 54.6 Å². The summed E-state index contributed by atoms with van der Waals surface area (Å²) in [4.78, 5) is 56.4. The number of piperazine rings is 1. The van der Waals surface area contributed by atoms with Crippen LogP contribution >= 0.6 is 23.2 Å². The topological polar surface area (TPSA) is 87.2 Å². The number of rotatable bonds is 7. The molecule has 39 heavy (non-hydrogen) atoms. The molecule has 2 saturated heterocycles. The van der Waals surface area contributed by atoms with E-state index in [9.17, 15) is 19.2 Å². The predicted octanol–water partition coefficient (Wildman–Crippen LogP) is 4.49. The molecular formula is C29H25Cl2N3O5. The van der Waals surface area contributed by atoms with Crippen LogP contribution in [-0.4, -0.2) is 67.3 Å². The number of nitrogens with zero attached hydrogens (tertiary/aromatic N) is 3. The summed E-state index contributed by atoms with van der Waals surface area (Å²) in [7, 11) is 0. The van der Waals surface area contributed by atoms with E-state index in [4.69, 9.17) is 27.9 Å². The van der Waals surface area contributed by atoms with Gasteiger partial charge >= 0.3 is 5.97 Å². The van der Waals surface area contributed by atoms with Gasteiger partial charge in [-0.1, -0.05) is 41.4 Å². The zero-order chi connectivity index (χ0) is 27.5. The van der Waals surface area contributed by atoms with Crippen molar-refractivity contribution in [2.24, 2.45) is 0 Å². The van der Waals surface area contributed by atoms with Crippen LogP contribution in [0.1, 0.15) is 27.1 Å². The van der Waals surface area contributed by atoms with E-state index in [1.54, 1.807) is 0 Å². The van der Waals surface area contributed by atoms with E-state index in [2.05, 4.69) is 21.9 Å². The summed E-state index contributed by atoms with van der Waals surface area (Å²) in [6, 6.07) is 20.0. The Kier molecular flexibility index (Phi) is 7.97. The Bertz CT molecular complexity index is 1410. The average Bonchev–Trinajstić information content (AvgIpc) is 3.25. The second kappa shape index (κ2) is 11.6. The number of hydrogen-bond donors (Lipinski definition) is 0. The molecule has 0 aromatic heterocycles. The number of halogens is 2. The molecule has 2 heterocycles. The van der Waals surface area contributed by atoms with Gasteiger partial charge < -0.3 is 9.64 Å². The molecule has 1 unspecified atom stereocenters. The van der Waals surface area contributed by atoms with Gasteiger partial charge in [-0.15, -0.1) is 0 Å². The molecule has 0 bridgehead atoms. The van der Waals surface area contributed by atoms with Gasteiger partial charge in [0.05, 0.1) is 28.7 Å². The van der Waals surface area contributed by atoms with Gasteiger partial charge in [0.25, 0.3) is 5.91 Å². The number of ketones is 1. The second-order valence-corrected chi connectivity index (χ2v) is 10.2. The molecule has 0 aliphatic carbocycles. The fourth-order valence-electron chi connectivity index (χ4n) is 4.86. The molecule has 3 aromatic rings. The first-order valence-electron chi connectivity index (χ1n) is 12.5. The maximum absolute atomic E-state index is 13.2. The number of para-hydroxylation sites is 1. The van der Waals surface area contributed by atoms with Crippen LogP contribution < -0.4 is 9.80 Å². The molecule has 3 aromatic carbocycles. The number of anilines is 2. The van der Waals surface area contributed by atoms with Crippen molar-refractivity contribution in [1.82, 2.24) is 4.90 Å². The number of ether oxygens (including phenoxy) is 1. The Morgan fingerprint density at radius 3 is 2.21 bits per heavy atom. The highest BCUT2D eigenvalue weighted by Gasteiger charge is 2.43. The molecule has 2 fully saturated rings. The van der Waals surface area contributed by atoms with Crippen molar-refractivity contribution in [3.05, 3.63) is 94.0 Å². The summed E-state index contributed by atoms with van der Waals surface area (Å²) in [5.74, 6) is -1.73. The molecular weight excluding hydrogens is 541 g/mol. The lowest BCUT2D eigenvalue weighted by Crippen LogP contribution is -2.52. The average molecular weight is 566 g/mol. The fraction of sp³-hybridized carbons (Fsp3) is 0.241. The van der Waals surface area contributed by atoms with E-state index in [1.165, 1.54) is 47.4 Å². The monoisotopic (exact) mass is 565 g/mol. The second-order valence-electron chi connectivity index (χ2n) is 9.32. The van der Waals surface area contributed by atoms with Gasteiger partial charge in [0, 0.05) is 42.5 Å². The third-order valence-corrected chi connectivity index (χ3v) is 7.47. The zero-order valence-corrected chi connectivity index (χ0v) is 22.4. The summed E-state index contributed by atoms with van der Waals surface area (Å²) in [6.07, 6.45) is 0.114. The number of esters is 1. The Balaban J connectivity index is 1.17. The molecule has 200 valence electrons. The third kappa shape index (κ3) is 5.83. The molecule has 10 heteroatoms. The van der Waals surface area contributed by atoms with Crippen molar-refractivity contribution in [2.45, 2.75) is 12.5 Å². The number of hydrogen-bond acceptors (Lipinski definition) is 7. The molecule has 2 aliphatic rings. The van der Waals surface area contributed by atoms with Gasteiger partial charge in [-0.3, -0.25) is 19.3 Å². The lowest BCUT2D eigenvalue weighted by Gasteiger charge is -2.38. The quantitative estimate of drug-likeness (QED) is 0.237. The number of Topliss-reactive ketones (excluding diaryl/α,β-unsaturated/α-hetero) is 1. The minimum Gasteiger partial charge on any atom is -0.454 e. The minimum absolute atomic E-state index is 0.114. The van der Waals surface area contributed by atoms with Crippen molar-refractivity contribution in [1.29, 1.82) is 0 Å². The summed E-state index contributed by atoms with van der Waals surface area (Å²) in [5, 5.41) is 0.560. The molecule has 2 amide bonds. The largest absolute Gasteiger partial charge is 0.454 e. The van der Waals surface area contributed by atoms with E-state index in [0.717, 1.165) is 18.8 Å². The SMILES string of the molecule is O=C(OCC(=O)c1ccc(Cl)cc1Cl)c1ccc(N2C(=O)CC(N3CCN(c4ccccc4)CC3)C2=O)cc1. The lowest BCUT2D eigenvalue weighted by molar-refractivity contribution is -0.123. The van der Waals surface area contributed by atoms with Crippen molar-refractivity contribution in [3.8, 4) is 0 Å². The molecule has 5 rings (SSSR count). The first-order chi connectivity index (χ1) is 18.8. The van der Waals surface area contributed by atoms with E-state index in [0.29, 0.717) is 23.8 Å². The van der Waals surface area contributed by atoms with E-state index in [-0.39, 0.29) is 34.4 Å². The normalized spacial score (nSPS) is 17.9. The van der Waals surface area contributed by atoms with Crippen LogP contribution in [0, 0.1) is 0 Å². The number of benzene rings is 3. The van der Waals surface area contributed by atoms with E-state index in [1.807, 2.05) is 18.2 Å². The van der Waals surface area contributed by atoms with Gasteiger partial charge in [-0.25, -0.2) is 9.69 Å². The molecule has 8 nitrogen and oxygen atoms in total. The molecule has 0 saturated carbocycles. The lowest BCUT2D eigenvalue weighted by atomic mass is 10.1. The van der Waals surface area contributed by atoms with Crippen molar-refractivity contribution in [3.63, 3.8) is 0 Å². The molecule has 0 radical (unpaired) electrons. The fourth-order valence-corrected chi connectivity index (χ4v) is 5.37. The molecule has 0 spiro atoms. The highest BCUT2D eigenvalue weighted by atomic mass is 35.5. The number of amides is 2. The van der Waals surface area contributed by atoms with Gasteiger partial charge in [0.2, 0.25) is 11.7 Å². The highest BCUT2D eigenvalue weighted by molar-refractivity contribution is 6.36. The van der Waals surface area contributed by atoms with Gasteiger partial charge in [-0.2, -0.15) is 0 Å². The number of carbonyl (C=O) groups is 4. The zero-order valence-electron chi connectivity index (χ0n) is 20.9. The maximum Gasteiger partial charge on any atom is 0.338 e. The first kappa shape index (κ1) is 26.9. The Labute approximate surface area is 235 Å². The Morgan fingerprint density at radius 2 is 1.54 bits per heavy atom. The predicted molar refractivity (Wildman–Crippen MR) is 149 cm³/mol. The van der Waals surface area contributed by atoms with Crippen LogP contribution in [-0.2, 0) is 14.3 Å². The summed E-state index contributed by atoms with van der Waals surface area (Å²) >= 11 is 11.9. The van der Waals surface area contributed by atoms with Crippen LogP contribution in [0.5, 0.6) is 0 Å². The number of carbonyl (C=O) groups excluding carboxylic acids is 4. The van der Waals surface area contributed by atoms with Crippen molar-refractivity contribution >= 4 is 58.1 Å². The maximum atomic E-state index is 13.2. The number of imide groups is 1. The Hall–Kier alpha value is -3.72. The summed E-state index contributed by atoms with van der Waals surface area (Å²) < 4.78 is 5.14. The third-order valence-electron chi connectivity index (χ3n) is 6.93. The van der Waals surface area contributed by atoms with Gasteiger partial charge in [0.1, 0.15) is 0 Å². The minimum atomic E-state index is -0.715. The van der Waals surface area contributed by atoms with Crippen LogP contribution in [0.4, 0.5) is 11.4 Å². The standard InChI is InChI=1S/C29H25Cl2N3O5/c30-20-8-11-23(24(31)16-20)26(35)18-39-29(38)19-6-9-22(10-7-19)34-27(36)17-25(28(34)37)33-14-12-32(13-15-33)21-4-2-1-3-5-21/h1-11,16,25H,12-15,17-18H2. The molecule has 2 aliphatic heterocycles. The van der Waals surface area contributed by atoms with Crippen LogP contribution in [0.2, 0.25) is 10.0 Å². The Morgan fingerprint density at radius 1 is 0.846 bits per heavy atom. The van der Waals surface area contributed by atoms with Crippen LogP contribution in [0.15, 0.2) is 72.8 Å².